The first-order chi connectivity index (χ1) is 11.8. The summed E-state index contributed by atoms with van der Waals surface area (Å²) in [5.74, 6) is 0.344. The average molecular weight is 321 g/mol. The van der Waals surface area contributed by atoms with Crippen LogP contribution in [0.25, 0.3) is 5.70 Å². The normalized spacial score (nSPS) is 26.1. The van der Waals surface area contributed by atoms with E-state index in [9.17, 15) is 5.11 Å². The predicted octanol–water partition coefficient (Wildman–Crippen LogP) is 3.29. The van der Waals surface area contributed by atoms with Crippen molar-refractivity contribution in [3.8, 4) is 6.07 Å². The number of nitriles is 1. The van der Waals surface area contributed by atoms with Crippen LogP contribution in [-0.4, -0.2) is 22.8 Å². The first kappa shape index (κ1) is 15.3. The first-order valence-corrected chi connectivity index (χ1v) is 8.83. The minimum absolute atomic E-state index is 0.258. The Morgan fingerprint density at radius 3 is 2.92 bits per heavy atom. The van der Waals surface area contributed by atoms with Gasteiger partial charge in [0, 0.05) is 17.8 Å². The van der Waals surface area contributed by atoms with Crippen LogP contribution in [0.5, 0.6) is 0 Å². The van der Waals surface area contributed by atoms with Gasteiger partial charge in [-0.2, -0.15) is 5.26 Å². The largest absolute Gasteiger partial charge is 0.393 e. The highest BCUT2D eigenvalue weighted by atomic mass is 16.3. The summed E-state index contributed by atoms with van der Waals surface area (Å²) in [6.07, 6.45) is 8.14. The Morgan fingerprint density at radius 1 is 1.33 bits per heavy atom. The minimum atomic E-state index is -0.286. The monoisotopic (exact) mass is 321 g/mol. The van der Waals surface area contributed by atoms with Gasteiger partial charge in [-0.05, 0) is 43.6 Å². The van der Waals surface area contributed by atoms with Crippen LogP contribution in [0.4, 0.5) is 0 Å². The number of nitrogens with zero attached hydrogens (tertiary/aromatic N) is 2. The van der Waals surface area contributed by atoms with E-state index in [-0.39, 0.29) is 12.1 Å². The molecule has 2 unspecified atom stereocenters. The molecule has 1 saturated carbocycles. The third-order valence-electron chi connectivity index (χ3n) is 5.73. The molecule has 3 aliphatic rings. The van der Waals surface area contributed by atoms with Gasteiger partial charge in [0.1, 0.15) is 0 Å². The van der Waals surface area contributed by atoms with E-state index in [0.29, 0.717) is 5.92 Å². The molecule has 2 heterocycles. The van der Waals surface area contributed by atoms with E-state index in [0.717, 1.165) is 38.8 Å². The van der Waals surface area contributed by atoms with Crippen LogP contribution in [0.15, 0.2) is 42.1 Å². The van der Waals surface area contributed by atoms with Crippen molar-refractivity contribution in [2.24, 2.45) is 5.92 Å². The van der Waals surface area contributed by atoms with E-state index in [1.165, 1.54) is 22.4 Å². The molecule has 0 bridgehead atoms. The van der Waals surface area contributed by atoms with Crippen molar-refractivity contribution < 1.29 is 5.11 Å². The molecular formula is C20H23N3O. The molecule has 1 fully saturated rings. The maximum atomic E-state index is 10.8. The zero-order valence-electron chi connectivity index (χ0n) is 13.8. The van der Waals surface area contributed by atoms with E-state index in [4.69, 9.17) is 5.26 Å². The lowest BCUT2D eigenvalue weighted by Crippen LogP contribution is -2.31. The van der Waals surface area contributed by atoms with Crippen molar-refractivity contribution in [2.45, 2.75) is 44.2 Å². The summed E-state index contributed by atoms with van der Waals surface area (Å²) in [7, 11) is 0. The summed E-state index contributed by atoms with van der Waals surface area (Å²) in [6, 6.07) is 10.9. The maximum absolute atomic E-state index is 10.8. The van der Waals surface area contributed by atoms with E-state index >= 15 is 0 Å². The highest BCUT2D eigenvalue weighted by Crippen LogP contribution is 2.45. The number of nitrogens with one attached hydrogen (secondary N) is 1. The zero-order chi connectivity index (χ0) is 16.5. The highest BCUT2D eigenvalue weighted by Gasteiger charge is 2.38. The Balaban J connectivity index is 1.47. The summed E-state index contributed by atoms with van der Waals surface area (Å²) in [4.78, 5) is 2.37. The smallest absolute Gasteiger partial charge is 0.0911 e. The van der Waals surface area contributed by atoms with Crippen molar-refractivity contribution in [3.05, 3.63) is 53.2 Å². The van der Waals surface area contributed by atoms with Crippen molar-refractivity contribution in [3.63, 3.8) is 0 Å². The molecular weight excluding hydrogens is 298 g/mol. The maximum Gasteiger partial charge on any atom is 0.0911 e. The molecule has 4 rings (SSSR count). The van der Waals surface area contributed by atoms with Crippen LogP contribution in [0, 0.1) is 17.2 Å². The second-order valence-corrected chi connectivity index (χ2v) is 7.04. The van der Waals surface area contributed by atoms with Crippen molar-refractivity contribution in [2.75, 3.05) is 6.67 Å². The van der Waals surface area contributed by atoms with Crippen LogP contribution in [-0.2, 0) is 0 Å². The number of rotatable bonds is 3. The van der Waals surface area contributed by atoms with Gasteiger partial charge in [-0.3, -0.25) is 0 Å². The van der Waals surface area contributed by atoms with E-state index in [1.807, 2.05) is 0 Å². The molecule has 1 aromatic carbocycles. The number of allylic oxidation sites excluding steroid dienone is 2. The van der Waals surface area contributed by atoms with Gasteiger partial charge in [0.2, 0.25) is 0 Å². The van der Waals surface area contributed by atoms with Crippen LogP contribution in [0.3, 0.4) is 0 Å². The van der Waals surface area contributed by atoms with Gasteiger partial charge in [-0.25, -0.2) is 0 Å². The quantitative estimate of drug-likeness (QED) is 0.839. The second kappa shape index (κ2) is 6.33. The lowest BCUT2D eigenvalue weighted by Gasteiger charge is -2.32. The molecule has 1 aromatic rings. The Hall–Kier alpha value is -2.25. The molecule has 0 aromatic heterocycles. The molecule has 0 saturated heterocycles. The van der Waals surface area contributed by atoms with Gasteiger partial charge in [-0.1, -0.05) is 29.8 Å². The van der Waals surface area contributed by atoms with Crippen LogP contribution >= 0.6 is 0 Å². The SMILES string of the molecule is N#CC=C1CCC(C(O)CC2c3ccccc3C3=CNCN32)CC1. The summed E-state index contributed by atoms with van der Waals surface area (Å²) >= 11 is 0. The van der Waals surface area contributed by atoms with Gasteiger partial charge in [0.25, 0.3) is 0 Å². The summed E-state index contributed by atoms with van der Waals surface area (Å²) in [5.41, 5.74) is 5.12. The minimum Gasteiger partial charge on any atom is -0.393 e. The number of aliphatic hydroxyl groups excluding tert-OH is 1. The number of benzene rings is 1. The molecule has 0 amide bonds. The summed E-state index contributed by atoms with van der Waals surface area (Å²) in [6.45, 7) is 0.821. The van der Waals surface area contributed by atoms with E-state index in [1.54, 1.807) is 6.08 Å². The Bertz CT molecular complexity index is 721. The van der Waals surface area contributed by atoms with Crippen LogP contribution in [0.1, 0.15) is 49.3 Å². The van der Waals surface area contributed by atoms with Gasteiger partial charge >= 0.3 is 0 Å². The standard InChI is InChI=1S/C20H23N3O/c21-10-9-14-5-7-15(8-6-14)20(24)11-18-16-3-1-2-4-17(16)19-12-22-13-23(18)19/h1-4,9,12,15,18,20,22,24H,5-8,11,13H2. The lowest BCUT2D eigenvalue weighted by molar-refractivity contribution is 0.0623. The topological polar surface area (TPSA) is 59.3 Å². The van der Waals surface area contributed by atoms with Crippen molar-refractivity contribution in [1.29, 1.82) is 5.26 Å². The Labute approximate surface area is 143 Å². The number of aliphatic hydroxyl groups is 1. The average Bonchev–Trinajstić information content (AvgIpc) is 3.19. The fourth-order valence-corrected chi connectivity index (χ4v) is 4.41. The first-order valence-electron chi connectivity index (χ1n) is 8.83. The third-order valence-corrected chi connectivity index (χ3v) is 5.73. The zero-order valence-corrected chi connectivity index (χ0v) is 13.8. The molecule has 1 aliphatic carbocycles. The van der Waals surface area contributed by atoms with E-state index < -0.39 is 0 Å². The molecule has 2 N–H and O–H groups in total. The summed E-state index contributed by atoms with van der Waals surface area (Å²) < 4.78 is 0. The molecule has 0 spiro atoms. The second-order valence-electron chi connectivity index (χ2n) is 7.04. The number of hydrogen-bond donors (Lipinski definition) is 2. The molecule has 124 valence electrons. The number of fused-ring (bicyclic) bond motifs is 3. The predicted molar refractivity (Wildman–Crippen MR) is 93.3 cm³/mol. The fourth-order valence-electron chi connectivity index (χ4n) is 4.41. The van der Waals surface area contributed by atoms with Crippen LogP contribution in [0.2, 0.25) is 0 Å². The Morgan fingerprint density at radius 2 is 2.12 bits per heavy atom. The Kier molecular flexibility index (Phi) is 4.03. The van der Waals surface area contributed by atoms with Crippen LogP contribution < -0.4 is 5.32 Å². The van der Waals surface area contributed by atoms with Gasteiger partial charge in [0.05, 0.1) is 30.6 Å². The molecule has 4 nitrogen and oxygen atoms in total. The molecule has 24 heavy (non-hydrogen) atoms. The molecule has 0 radical (unpaired) electrons. The van der Waals surface area contributed by atoms with Gasteiger partial charge < -0.3 is 15.3 Å². The lowest BCUT2D eigenvalue weighted by atomic mass is 9.80. The molecule has 4 heteroatoms. The van der Waals surface area contributed by atoms with Gasteiger partial charge in [0.15, 0.2) is 0 Å². The van der Waals surface area contributed by atoms with Crippen molar-refractivity contribution in [1.82, 2.24) is 10.2 Å². The highest BCUT2D eigenvalue weighted by molar-refractivity contribution is 5.73. The van der Waals surface area contributed by atoms with Crippen molar-refractivity contribution >= 4 is 5.70 Å². The van der Waals surface area contributed by atoms with Gasteiger partial charge in [-0.15, -0.1) is 0 Å². The fraction of sp³-hybridized carbons (Fsp3) is 0.450. The molecule has 2 atom stereocenters. The number of hydrogen-bond acceptors (Lipinski definition) is 4. The molecule has 2 aliphatic heterocycles. The summed E-state index contributed by atoms with van der Waals surface area (Å²) in [5, 5.41) is 22.9. The third kappa shape index (κ3) is 2.59. The van der Waals surface area contributed by atoms with E-state index in [2.05, 4.69) is 46.8 Å².